The molecule has 1 aliphatic rings. The van der Waals surface area contributed by atoms with Gasteiger partial charge in [0.1, 0.15) is 0 Å². The second-order valence-corrected chi connectivity index (χ2v) is 6.08. The fourth-order valence-electron chi connectivity index (χ4n) is 2.88. The van der Waals surface area contributed by atoms with Gasteiger partial charge in [-0.2, -0.15) is 0 Å². The van der Waals surface area contributed by atoms with Crippen LogP contribution in [0.25, 0.3) is 16.8 Å². The molecule has 3 aromatic rings. The number of hydrogen-bond donors (Lipinski definition) is 0. The minimum atomic E-state index is 0.821. The third-order valence-electron chi connectivity index (χ3n) is 4.43. The Morgan fingerprint density at radius 3 is 2.21 bits per heavy atom. The van der Waals surface area contributed by atoms with Crippen molar-refractivity contribution < 1.29 is 0 Å². The van der Waals surface area contributed by atoms with E-state index in [9.17, 15) is 0 Å². The third-order valence-corrected chi connectivity index (χ3v) is 4.43. The van der Waals surface area contributed by atoms with Crippen molar-refractivity contribution in [3.63, 3.8) is 0 Å². The normalized spacial score (nSPS) is 15.6. The molecule has 6 nitrogen and oxygen atoms in total. The van der Waals surface area contributed by atoms with E-state index in [2.05, 4.69) is 56.1 Å². The molecule has 0 unspecified atom stereocenters. The molecule has 1 aliphatic heterocycles. The Morgan fingerprint density at radius 1 is 0.875 bits per heavy atom. The van der Waals surface area contributed by atoms with Crippen LogP contribution in [-0.4, -0.2) is 57.6 Å². The van der Waals surface area contributed by atoms with Crippen LogP contribution in [0.1, 0.15) is 0 Å². The number of benzene rings is 1. The van der Waals surface area contributed by atoms with E-state index in [1.807, 2.05) is 23.2 Å². The Balaban J connectivity index is 1.50. The van der Waals surface area contributed by atoms with Crippen molar-refractivity contribution in [1.29, 1.82) is 0 Å². The third kappa shape index (κ3) is 3.00. The number of rotatable bonds is 3. The molecule has 3 heterocycles. The number of aromatic nitrogens is 4. The molecule has 4 rings (SSSR count). The van der Waals surface area contributed by atoms with Gasteiger partial charge in [0.15, 0.2) is 0 Å². The fourth-order valence-corrected chi connectivity index (χ4v) is 2.88. The highest BCUT2D eigenvalue weighted by atomic mass is 15.3. The van der Waals surface area contributed by atoms with Crippen LogP contribution in [0.2, 0.25) is 0 Å². The molecule has 0 saturated carbocycles. The van der Waals surface area contributed by atoms with E-state index < -0.39 is 0 Å². The van der Waals surface area contributed by atoms with Gasteiger partial charge in [0.05, 0.1) is 6.33 Å². The Kier molecular flexibility index (Phi) is 3.96. The number of hydrogen-bond acceptors (Lipinski definition) is 5. The summed E-state index contributed by atoms with van der Waals surface area (Å²) in [5, 5.41) is 0. The largest absolute Gasteiger partial charge is 0.338 e. The molecule has 0 amide bonds. The topological polar surface area (TPSA) is 50.1 Å². The number of piperazine rings is 1. The Bertz CT molecular complexity index is 771. The summed E-state index contributed by atoms with van der Waals surface area (Å²) in [6.07, 6.45) is 9.32. The molecule has 0 spiro atoms. The average molecular weight is 320 g/mol. The van der Waals surface area contributed by atoms with E-state index in [0.717, 1.165) is 48.9 Å². The minimum Gasteiger partial charge on any atom is -0.338 e. The van der Waals surface area contributed by atoms with Crippen LogP contribution >= 0.6 is 0 Å². The van der Waals surface area contributed by atoms with Gasteiger partial charge in [-0.15, -0.1) is 0 Å². The van der Waals surface area contributed by atoms with Crippen LogP contribution in [0.5, 0.6) is 0 Å². The van der Waals surface area contributed by atoms with Crippen LogP contribution in [0, 0.1) is 0 Å². The molecular formula is C18H20N6. The van der Waals surface area contributed by atoms with E-state index in [0.29, 0.717) is 0 Å². The molecule has 24 heavy (non-hydrogen) atoms. The molecule has 0 aliphatic carbocycles. The van der Waals surface area contributed by atoms with E-state index in [1.54, 1.807) is 12.5 Å². The summed E-state index contributed by atoms with van der Waals surface area (Å²) in [6, 6.07) is 8.32. The van der Waals surface area contributed by atoms with Crippen molar-refractivity contribution in [3.05, 3.63) is 55.4 Å². The highest BCUT2D eigenvalue weighted by Gasteiger charge is 2.16. The molecule has 6 heteroatoms. The quantitative estimate of drug-likeness (QED) is 0.739. The van der Waals surface area contributed by atoms with Gasteiger partial charge >= 0.3 is 0 Å². The van der Waals surface area contributed by atoms with E-state index >= 15 is 0 Å². The molecule has 1 aromatic carbocycles. The second kappa shape index (κ2) is 6.41. The van der Waals surface area contributed by atoms with Gasteiger partial charge in [0, 0.05) is 62.2 Å². The van der Waals surface area contributed by atoms with Crippen molar-refractivity contribution in [1.82, 2.24) is 24.4 Å². The van der Waals surface area contributed by atoms with Crippen LogP contribution in [0.15, 0.2) is 55.4 Å². The summed E-state index contributed by atoms with van der Waals surface area (Å²) in [4.78, 5) is 17.8. The zero-order valence-corrected chi connectivity index (χ0v) is 13.7. The van der Waals surface area contributed by atoms with Crippen molar-refractivity contribution in [2.24, 2.45) is 0 Å². The van der Waals surface area contributed by atoms with Gasteiger partial charge in [-0.1, -0.05) is 12.1 Å². The standard InChI is InChI=1S/C18H20N6/c1-22-8-10-23(11-9-22)18-20-12-16(13-21-18)15-2-4-17(5-3-15)24-7-6-19-14-24/h2-7,12-14H,8-11H2,1H3. The van der Waals surface area contributed by atoms with Crippen LogP contribution in [0.3, 0.4) is 0 Å². The van der Waals surface area contributed by atoms with Gasteiger partial charge in [-0.25, -0.2) is 15.0 Å². The Morgan fingerprint density at radius 2 is 1.58 bits per heavy atom. The maximum atomic E-state index is 4.56. The first-order valence-corrected chi connectivity index (χ1v) is 8.14. The van der Waals surface area contributed by atoms with Gasteiger partial charge in [-0.3, -0.25) is 0 Å². The molecule has 0 bridgehead atoms. The van der Waals surface area contributed by atoms with Crippen molar-refractivity contribution in [2.45, 2.75) is 0 Å². The van der Waals surface area contributed by atoms with Crippen molar-refractivity contribution in [3.8, 4) is 16.8 Å². The van der Waals surface area contributed by atoms with Gasteiger partial charge in [-0.05, 0) is 24.7 Å². The highest BCUT2D eigenvalue weighted by molar-refractivity contribution is 5.63. The molecule has 1 saturated heterocycles. The summed E-state index contributed by atoms with van der Waals surface area (Å²) < 4.78 is 1.98. The zero-order valence-electron chi connectivity index (χ0n) is 13.7. The molecule has 122 valence electrons. The SMILES string of the molecule is CN1CCN(c2ncc(-c3ccc(-n4ccnc4)cc3)cn2)CC1. The van der Waals surface area contributed by atoms with Crippen LogP contribution < -0.4 is 4.90 Å². The van der Waals surface area contributed by atoms with E-state index in [-0.39, 0.29) is 0 Å². The predicted octanol–water partition coefficient (Wildman–Crippen LogP) is 2.08. The lowest BCUT2D eigenvalue weighted by atomic mass is 10.1. The first-order chi connectivity index (χ1) is 11.8. The summed E-state index contributed by atoms with van der Waals surface area (Å²) in [5.74, 6) is 0.821. The number of imidazole rings is 1. The molecule has 2 aromatic heterocycles. The van der Waals surface area contributed by atoms with Gasteiger partial charge < -0.3 is 14.4 Å². The monoisotopic (exact) mass is 320 g/mol. The highest BCUT2D eigenvalue weighted by Crippen LogP contribution is 2.21. The maximum absolute atomic E-state index is 4.56. The van der Waals surface area contributed by atoms with Gasteiger partial charge in [0.2, 0.25) is 5.95 Å². The Labute approximate surface area is 141 Å². The second-order valence-electron chi connectivity index (χ2n) is 6.08. The van der Waals surface area contributed by atoms with E-state index in [1.165, 1.54) is 0 Å². The maximum Gasteiger partial charge on any atom is 0.225 e. The number of nitrogens with zero attached hydrogens (tertiary/aromatic N) is 6. The summed E-state index contributed by atoms with van der Waals surface area (Å²) >= 11 is 0. The average Bonchev–Trinajstić information content (AvgIpc) is 3.17. The minimum absolute atomic E-state index is 0.821. The first kappa shape index (κ1) is 14.8. The molecule has 0 radical (unpaired) electrons. The summed E-state index contributed by atoms with van der Waals surface area (Å²) in [6.45, 7) is 4.08. The van der Waals surface area contributed by atoms with Crippen LogP contribution in [-0.2, 0) is 0 Å². The lowest BCUT2D eigenvalue weighted by Gasteiger charge is -2.32. The molecule has 0 atom stereocenters. The summed E-state index contributed by atoms with van der Waals surface area (Å²) in [5.41, 5.74) is 3.24. The number of anilines is 1. The number of likely N-dealkylation sites (N-methyl/N-ethyl adjacent to an activating group) is 1. The zero-order chi connectivity index (χ0) is 16.4. The smallest absolute Gasteiger partial charge is 0.225 e. The predicted molar refractivity (Wildman–Crippen MR) is 94.3 cm³/mol. The lowest BCUT2D eigenvalue weighted by Crippen LogP contribution is -2.45. The lowest BCUT2D eigenvalue weighted by molar-refractivity contribution is 0.311. The van der Waals surface area contributed by atoms with Crippen LogP contribution in [0.4, 0.5) is 5.95 Å². The molecule has 1 fully saturated rings. The van der Waals surface area contributed by atoms with Crippen molar-refractivity contribution >= 4 is 5.95 Å². The van der Waals surface area contributed by atoms with Gasteiger partial charge in [0.25, 0.3) is 0 Å². The Hall–Kier alpha value is -2.73. The molecular weight excluding hydrogens is 300 g/mol. The summed E-state index contributed by atoms with van der Waals surface area (Å²) in [7, 11) is 2.15. The van der Waals surface area contributed by atoms with Crippen molar-refractivity contribution in [2.75, 3.05) is 38.1 Å². The fraction of sp³-hybridized carbons (Fsp3) is 0.278. The molecule has 0 N–H and O–H groups in total. The first-order valence-electron chi connectivity index (χ1n) is 8.14. The van der Waals surface area contributed by atoms with E-state index in [4.69, 9.17) is 0 Å².